The Labute approximate surface area is 145 Å². The second kappa shape index (κ2) is 6.07. The van der Waals surface area contributed by atoms with Gasteiger partial charge in [-0.2, -0.15) is 4.98 Å². The van der Waals surface area contributed by atoms with E-state index in [1.807, 2.05) is 0 Å². The van der Waals surface area contributed by atoms with Gasteiger partial charge >= 0.3 is 5.69 Å². The first kappa shape index (κ1) is 15.9. The van der Waals surface area contributed by atoms with Gasteiger partial charge in [-0.05, 0) is 49.4 Å². The predicted molar refractivity (Wildman–Crippen MR) is 93.2 cm³/mol. The molecular formula is C18H13FN4O3. The summed E-state index contributed by atoms with van der Waals surface area (Å²) < 4.78 is 19.4. The minimum atomic E-state index is -0.473. The number of nitrogens with zero attached hydrogens (tertiary/aromatic N) is 3. The minimum Gasteiger partial charge on any atom is -0.334 e. The summed E-state index contributed by atoms with van der Waals surface area (Å²) >= 11 is 0. The van der Waals surface area contributed by atoms with Crippen LogP contribution in [0.25, 0.3) is 33.7 Å². The highest BCUT2D eigenvalue weighted by Crippen LogP contribution is 2.24. The maximum absolute atomic E-state index is 13.0. The fraction of sp³-hybridized carbons (Fsp3) is 0.111. The van der Waals surface area contributed by atoms with Crippen LogP contribution in [-0.4, -0.2) is 19.7 Å². The molecule has 2 heterocycles. The second-order valence-corrected chi connectivity index (χ2v) is 5.67. The van der Waals surface area contributed by atoms with Gasteiger partial charge in [0.25, 0.3) is 11.4 Å². The number of hydrogen-bond acceptors (Lipinski definition) is 5. The first-order chi connectivity index (χ1) is 12.6. The number of benzene rings is 2. The normalized spacial score (nSPS) is 11.2. The highest BCUT2D eigenvalue weighted by molar-refractivity contribution is 5.82. The highest BCUT2D eigenvalue weighted by Gasteiger charge is 2.13. The Morgan fingerprint density at radius 1 is 1.12 bits per heavy atom. The topological polar surface area (TPSA) is 93.8 Å². The van der Waals surface area contributed by atoms with Crippen molar-refractivity contribution in [3.05, 3.63) is 69.1 Å². The van der Waals surface area contributed by atoms with Crippen molar-refractivity contribution in [1.29, 1.82) is 0 Å². The Balaban J connectivity index is 1.79. The Kier molecular flexibility index (Phi) is 3.72. The Hall–Kier alpha value is -3.55. The van der Waals surface area contributed by atoms with Crippen LogP contribution >= 0.6 is 0 Å². The lowest BCUT2D eigenvalue weighted by Crippen LogP contribution is -2.34. The third-order valence-corrected chi connectivity index (χ3v) is 4.07. The molecule has 7 nitrogen and oxygen atoms in total. The second-order valence-electron chi connectivity index (χ2n) is 5.67. The zero-order valence-corrected chi connectivity index (χ0v) is 13.7. The summed E-state index contributed by atoms with van der Waals surface area (Å²) in [6, 6.07) is 10.6. The summed E-state index contributed by atoms with van der Waals surface area (Å²) in [6.07, 6.45) is 0. The van der Waals surface area contributed by atoms with Crippen LogP contribution in [0, 0.1) is 5.82 Å². The van der Waals surface area contributed by atoms with E-state index in [0.717, 1.165) is 4.57 Å². The molecule has 0 saturated carbocycles. The third-order valence-electron chi connectivity index (χ3n) is 4.07. The van der Waals surface area contributed by atoms with E-state index in [-0.39, 0.29) is 23.8 Å². The van der Waals surface area contributed by atoms with Crippen LogP contribution in [0.5, 0.6) is 0 Å². The molecule has 4 aromatic rings. The highest BCUT2D eigenvalue weighted by atomic mass is 19.1. The number of halogens is 1. The molecule has 0 spiro atoms. The van der Waals surface area contributed by atoms with E-state index in [1.165, 1.54) is 12.1 Å². The third kappa shape index (κ3) is 2.61. The lowest BCUT2D eigenvalue weighted by atomic mass is 10.1. The van der Waals surface area contributed by atoms with Crippen LogP contribution in [0.15, 0.2) is 56.6 Å². The molecule has 2 aromatic carbocycles. The van der Waals surface area contributed by atoms with Crippen molar-refractivity contribution in [2.75, 3.05) is 0 Å². The number of rotatable bonds is 3. The molecule has 1 N–H and O–H groups in total. The van der Waals surface area contributed by atoms with E-state index in [4.69, 9.17) is 4.52 Å². The van der Waals surface area contributed by atoms with Gasteiger partial charge in [0.1, 0.15) is 5.82 Å². The van der Waals surface area contributed by atoms with Gasteiger partial charge in [-0.15, -0.1) is 0 Å². The average Bonchev–Trinajstić information content (AvgIpc) is 3.12. The molecular weight excluding hydrogens is 339 g/mol. The van der Waals surface area contributed by atoms with Crippen LogP contribution in [0.4, 0.5) is 4.39 Å². The first-order valence-electron chi connectivity index (χ1n) is 7.93. The number of fused-ring (bicyclic) bond motifs is 1. The van der Waals surface area contributed by atoms with Crippen LogP contribution in [0.3, 0.4) is 0 Å². The van der Waals surface area contributed by atoms with Crippen LogP contribution in [0.2, 0.25) is 0 Å². The summed E-state index contributed by atoms with van der Waals surface area (Å²) in [5, 5.41) is 4.29. The van der Waals surface area contributed by atoms with E-state index >= 15 is 0 Å². The molecule has 0 saturated heterocycles. The van der Waals surface area contributed by atoms with Gasteiger partial charge in [-0.1, -0.05) is 5.16 Å². The van der Waals surface area contributed by atoms with Crippen LogP contribution in [0.1, 0.15) is 6.92 Å². The molecule has 0 atom stereocenters. The SMILES string of the molecule is CCn1c(=O)[nH]c2cc(-c3nc(-c4ccc(F)cc4)no3)ccc2c1=O. The molecule has 0 fully saturated rings. The molecule has 130 valence electrons. The Morgan fingerprint density at radius 2 is 1.85 bits per heavy atom. The van der Waals surface area contributed by atoms with Gasteiger partial charge in [0.05, 0.1) is 10.9 Å². The maximum Gasteiger partial charge on any atom is 0.328 e. The van der Waals surface area contributed by atoms with Crippen molar-refractivity contribution in [3.8, 4) is 22.8 Å². The Morgan fingerprint density at radius 3 is 2.58 bits per heavy atom. The van der Waals surface area contributed by atoms with E-state index in [0.29, 0.717) is 27.9 Å². The van der Waals surface area contributed by atoms with E-state index in [1.54, 1.807) is 37.3 Å². The molecule has 0 aliphatic rings. The molecule has 2 aromatic heterocycles. The number of aromatic amines is 1. The minimum absolute atomic E-state index is 0.228. The van der Waals surface area contributed by atoms with Crippen LogP contribution < -0.4 is 11.2 Å². The molecule has 0 aliphatic carbocycles. The van der Waals surface area contributed by atoms with Crippen molar-refractivity contribution in [2.24, 2.45) is 0 Å². The largest absolute Gasteiger partial charge is 0.334 e. The smallest absolute Gasteiger partial charge is 0.328 e. The number of hydrogen-bond donors (Lipinski definition) is 1. The maximum atomic E-state index is 13.0. The van der Waals surface area contributed by atoms with Gasteiger partial charge in [-0.3, -0.25) is 9.36 Å². The van der Waals surface area contributed by atoms with Gasteiger partial charge in [0.15, 0.2) is 0 Å². The van der Waals surface area contributed by atoms with Crippen molar-refractivity contribution >= 4 is 10.9 Å². The molecule has 0 bridgehead atoms. The van der Waals surface area contributed by atoms with Gasteiger partial charge < -0.3 is 9.51 Å². The molecule has 4 rings (SSSR count). The van der Waals surface area contributed by atoms with Gasteiger partial charge in [-0.25, -0.2) is 9.18 Å². The van der Waals surface area contributed by atoms with E-state index in [2.05, 4.69) is 15.1 Å². The van der Waals surface area contributed by atoms with E-state index < -0.39 is 5.69 Å². The van der Waals surface area contributed by atoms with Gasteiger partial charge in [0, 0.05) is 17.7 Å². The van der Waals surface area contributed by atoms with Crippen molar-refractivity contribution in [2.45, 2.75) is 13.5 Å². The lowest BCUT2D eigenvalue weighted by Gasteiger charge is -2.04. The van der Waals surface area contributed by atoms with Gasteiger partial charge in [0.2, 0.25) is 5.82 Å². The molecule has 0 unspecified atom stereocenters. The fourth-order valence-electron chi connectivity index (χ4n) is 2.73. The van der Waals surface area contributed by atoms with Crippen molar-refractivity contribution < 1.29 is 8.91 Å². The molecule has 0 radical (unpaired) electrons. The summed E-state index contributed by atoms with van der Waals surface area (Å²) in [4.78, 5) is 31.3. The molecule has 8 heteroatoms. The average molecular weight is 352 g/mol. The Bertz CT molecular complexity index is 1220. The lowest BCUT2D eigenvalue weighted by molar-refractivity contribution is 0.432. The summed E-state index contributed by atoms with van der Waals surface area (Å²) in [6.45, 7) is 2.02. The monoisotopic (exact) mass is 352 g/mol. The molecule has 26 heavy (non-hydrogen) atoms. The van der Waals surface area contributed by atoms with Crippen molar-refractivity contribution in [3.63, 3.8) is 0 Å². The summed E-state index contributed by atoms with van der Waals surface area (Å²) in [5.74, 6) is 0.190. The number of aromatic nitrogens is 4. The standard InChI is InChI=1S/C18H13FN4O3/c1-2-23-17(24)13-8-5-11(9-14(13)20-18(23)25)16-21-15(22-26-16)10-3-6-12(19)7-4-10/h3-9H,2H2,1H3,(H,20,25). The summed E-state index contributed by atoms with van der Waals surface area (Å²) in [5.41, 5.74) is 0.739. The fourth-order valence-corrected chi connectivity index (χ4v) is 2.73. The summed E-state index contributed by atoms with van der Waals surface area (Å²) in [7, 11) is 0. The quantitative estimate of drug-likeness (QED) is 0.612. The van der Waals surface area contributed by atoms with Crippen molar-refractivity contribution in [1.82, 2.24) is 19.7 Å². The predicted octanol–water partition coefficient (Wildman–Crippen LogP) is 2.57. The number of H-pyrrole nitrogens is 1. The zero-order valence-electron chi connectivity index (χ0n) is 13.7. The number of nitrogens with one attached hydrogen (secondary N) is 1. The first-order valence-corrected chi connectivity index (χ1v) is 7.93. The zero-order chi connectivity index (χ0) is 18.3. The molecule has 0 aliphatic heterocycles. The molecule has 0 amide bonds. The van der Waals surface area contributed by atoms with E-state index in [9.17, 15) is 14.0 Å². The van der Waals surface area contributed by atoms with Crippen LogP contribution in [-0.2, 0) is 6.54 Å².